The van der Waals surface area contributed by atoms with Crippen molar-refractivity contribution in [1.29, 1.82) is 0 Å². The van der Waals surface area contributed by atoms with Crippen LogP contribution in [0.4, 0.5) is 5.69 Å². The predicted molar refractivity (Wildman–Crippen MR) is 93.3 cm³/mol. The van der Waals surface area contributed by atoms with Crippen molar-refractivity contribution in [2.75, 3.05) is 5.32 Å². The highest BCUT2D eigenvalue weighted by Crippen LogP contribution is 2.11. The first-order chi connectivity index (χ1) is 12.0. The van der Waals surface area contributed by atoms with Gasteiger partial charge in [0, 0.05) is 30.9 Å². The molecule has 0 aliphatic heterocycles. The van der Waals surface area contributed by atoms with Crippen molar-refractivity contribution >= 4 is 23.4 Å². The van der Waals surface area contributed by atoms with Crippen molar-refractivity contribution in [3.05, 3.63) is 60.4 Å². The summed E-state index contributed by atoms with van der Waals surface area (Å²) in [4.78, 5) is 39.4. The van der Waals surface area contributed by atoms with Gasteiger partial charge in [0.15, 0.2) is 0 Å². The Bertz CT molecular complexity index is 720. The van der Waals surface area contributed by atoms with Crippen molar-refractivity contribution in [1.82, 2.24) is 15.8 Å². The number of hydrogen-bond acceptors (Lipinski definition) is 4. The second-order valence-corrected chi connectivity index (χ2v) is 5.67. The molecule has 130 valence electrons. The van der Waals surface area contributed by atoms with Gasteiger partial charge in [0.2, 0.25) is 11.8 Å². The lowest BCUT2D eigenvalue weighted by Gasteiger charge is -2.12. The van der Waals surface area contributed by atoms with Crippen LogP contribution < -0.4 is 16.2 Å². The molecule has 7 nitrogen and oxygen atoms in total. The maximum absolute atomic E-state index is 11.9. The van der Waals surface area contributed by atoms with E-state index in [4.69, 9.17) is 0 Å². The molecule has 0 aliphatic rings. The number of pyridine rings is 1. The normalized spacial score (nSPS) is 11.2. The van der Waals surface area contributed by atoms with Crippen LogP contribution in [0, 0.1) is 5.92 Å². The van der Waals surface area contributed by atoms with E-state index in [2.05, 4.69) is 21.2 Å². The summed E-state index contributed by atoms with van der Waals surface area (Å²) < 4.78 is 0. The van der Waals surface area contributed by atoms with E-state index in [-0.39, 0.29) is 30.6 Å². The predicted octanol–water partition coefficient (Wildman–Crippen LogP) is 1.90. The standard InChI is InChI=1S/C18H20N4O3/c1-13(10-16(23)20-15-7-3-2-4-8-15)11-17(24)21-22-18(25)14-6-5-9-19-12-14/h2-9,12-13H,10-11H2,1H3,(H,20,23)(H,21,24)(H,22,25). The Kier molecular flexibility index (Phi) is 6.65. The third kappa shape index (κ3) is 6.42. The molecule has 1 heterocycles. The molecule has 2 aromatic rings. The molecule has 0 saturated heterocycles. The summed E-state index contributed by atoms with van der Waals surface area (Å²) in [5.74, 6) is -1.14. The average molecular weight is 340 g/mol. The maximum atomic E-state index is 11.9. The van der Waals surface area contributed by atoms with E-state index in [1.807, 2.05) is 18.2 Å². The van der Waals surface area contributed by atoms with Crippen LogP contribution in [0.15, 0.2) is 54.9 Å². The van der Waals surface area contributed by atoms with Crippen LogP contribution in [-0.2, 0) is 9.59 Å². The molecule has 7 heteroatoms. The van der Waals surface area contributed by atoms with Gasteiger partial charge in [0.1, 0.15) is 0 Å². The Labute approximate surface area is 145 Å². The summed E-state index contributed by atoms with van der Waals surface area (Å²) in [5.41, 5.74) is 5.72. The summed E-state index contributed by atoms with van der Waals surface area (Å²) >= 11 is 0. The zero-order valence-corrected chi connectivity index (χ0v) is 13.9. The average Bonchev–Trinajstić information content (AvgIpc) is 2.61. The molecule has 25 heavy (non-hydrogen) atoms. The molecule has 1 aromatic heterocycles. The monoisotopic (exact) mass is 340 g/mol. The van der Waals surface area contributed by atoms with E-state index < -0.39 is 5.91 Å². The van der Waals surface area contributed by atoms with E-state index in [1.54, 1.807) is 37.4 Å². The number of carbonyl (C=O) groups is 3. The van der Waals surface area contributed by atoms with Crippen molar-refractivity contribution in [2.45, 2.75) is 19.8 Å². The fourth-order valence-electron chi connectivity index (χ4n) is 2.19. The van der Waals surface area contributed by atoms with Crippen LogP contribution in [0.25, 0.3) is 0 Å². The van der Waals surface area contributed by atoms with E-state index in [0.717, 1.165) is 0 Å². The lowest BCUT2D eigenvalue weighted by atomic mass is 10.0. The molecule has 0 fully saturated rings. The largest absolute Gasteiger partial charge is 0.326 e. The molecule has 0 spiro atoms. The number of nitrogens with one attached hydrogen (secondary N) is 3. The number of carbonyl (C=O) groups excluding carboxylic acids is 3. The summed E-state index contributed by atoms with van der Waals surface area (Å²) in [5, 5.41) is 2.77. The molecule has 0 bridgehead atoms. The lowest BCUT2D eigenvalue weighted by molar-refractivity contribution is -0.123. The SMILES string of the molecule is CC(CC(=O)NNC(=O)c1cccnc1)CC(=O)Nc1ccccc1. The van der Waals surface area contributed by atoms with Gasteiger partial charge in [-0.15, -0.1) is 0 Å². The highest BCUT2D eigenvalue weighted by Gasteiger charge is 2.14. The van der Waals surface area contributed by atoms with E-state index in [0.29, 0.717) is 11.3 Å². The molecule has 3 N–H and O–H groups in total. The number of para-hydroxylation sites is 1. The topological polar surface area (TPSA) is 100 Å². The van der Waals surface area contributed by atoms with Crippen LogP contribution in [0.2, 0.25) is 0 Å². The van der Waals surface area contributed by atoms with Gasteiger partial charge in [-0.1, -0.05) is 25.1 Å². The highest BCUT2D eigenvalue weighted by atomic mass is 16.2. The molecule has 0 saturated carbocycles. The molecule has 0 aliphatic carbocycles. The third-order valence-corrected chi connectivity index (χ3v) is 3.36. The Balaban J connectivity index is 1.71. The smallest absolute Gasteiger partial charge is 0.271 e. The van der Waals surface area contributed by atoms with Gasteiger partial charge in [0.25, 0.3) is 5.91 Å². The molecule has 0 radical (unpaired) electrons. The minimum atomic E-state index is -0.448. The fourth-order valence-corrected chi connectivity index (χ4v) is 2.19. The Morgan fingerprint density at radius 3 is 2.36 bits per heavy atom. The molecule has 1 atom stereocenters. The van der Waals surface area contributed by atoms with Gasteiger partial charge in [-0.3, -0.25) is 30.2 Å². The lowest BCUT2D eigenvalue weighted by Crippen LogP contribution is -2.42. The fraction of sp³-hybridized carbons (Fsp3) is 0.222. The number of benzene rings is 1. The van der Waals surface area contributed by atoms with Gasteiger partial charge < -0.3 is 5.32 Å². The number of amides is 3. The highest BCUT2D eigenvalue weighted by molar-refractivity contribution is 5.95. The molecule has 3 amide bonds. The molecule has 1 unspecified atom stereocenters. The Morgan fingerprint density at radius 1 is 0.960 bits per heavy atom. The first-order valence-electron chi connectivity index (χ1n) is 7.88. The Morgan fingerprint density at radius 2 is 1.68 bits per heavy atom. The number of rotatable bonds is 6. The summed E-state index contributed by atoms with van der Waals surface area (Å²) in [6, 6.07) is 12.3. The van der Waals surface area contributed by atoms with E-state index >= 15 is 0 Å². The van der Waals surface area contributed by atoms with Gasteiger partial charge in [0.05, 0.1) is 5.56 Å². The second kappa shape index (κ2) is 9.17. The second-order valence-electron chi connectivity index (χ2n) is 5.67. The summed E-state index contributed by atoms with van der Waals surface area (Å²) in [7, 11) is 0. The summed E-state index contributed by atoms with van der Waals surface area (Å²) in [6.07, 6.45) is 3.28. The van der Waals surface area contributed by atoms with Gasteiger partial charge in [-0.25, -0.2) is 0 Å². The number of nitrogens with zero attached hydrogens (tertiary/aromatic N) is 1. The first-order valence-corrected chi connectivity index (χ1v) is 7.88. The van der Waals surface area contributed by atoms with Gasteiger partial charge >= 0.3 is 0 Å². The number of aromatic nitrogens is 1. The van der Waals surface area contributed by atoms with Gasteiger partial charge in [-0.2, -0.15) is 0 Å². The number of hydrazine groups is 1. The van der Waals surface area contributed by atoms with Crippen molar-refractivity contribution in [2.24, 2.45) is 5.92 Å². The maximum Gasteiger partial charge on any atom is 0.271 e. The van der Waals surface area contributed by atoms with Gasteiger partial charge in [-0.05, 0) is 30.2 Å². The minimum Gasteiger partial charge on any atom is -0.326 e. The van der Waals surface area contributed by atoms with Crippen molar-refractivity contribution in [3.8, 4) is 0 Å². The third-order valence-electron chi connectivity index (χ3n) is 3.36. The number of hydrogen-bond donors (Lipinski definition) is 3. The van der Waals surface area contributed by atoms with Crippen LogP contribution in [0.5, 0.6) is 0 Å². The number of anilines is 1. The van der Waals surface area contributed by atoms with Crippen LogP contribution in [-0.4, -0.2) is 22.7 Å². The van der Waals surface area contributed by atoms with E-state index in [9.17, 15) is 14.4 Å². The first kappa shape index (κ1) is 18.1. The molecule has 2 rings (SSSR count). The molecule has 1 aromatic carbocycles. The zero-order valence-electron chi connectivity index (χ0n) is 13.9. The minimum absolute atomic E-state index is 0.121. The van der Waals surface area contributed by atoms with Crippen molar-refractivity contribution in [3.63, 3.8) is 0 Å². The summed E-state index contributed by atoms with van der Waals surface area (Å²) in [6.45, 7) is 1.80. The van der Waals surface area contributed by atoms with Crippen LogP contribution in [0.1, 0.15) is 30.1 Å². The Hall–Kier alpha value is -3.22. The van der Waals surface area contributed by atoms with E-state index in [1.165, 1.54) is 6.20 Å². The molecular formula is C18H20N4O3. The van der Waals surface area contributed by atoms with Crippen LogP contribution >= 0.6 is 0 Å². The quantitative estimate of drug-likeness (QED) is 0.699. The molecular weight excluding hydrogens is 320 g/mol. The van der Waals surface area contributed by atoms with Crippen LogP contribution in [0.3, 0.4) is 0 Å². The zero-order chi connectivity index (χ0) is 18.1. The van der Waals surface area contributed by atoms with Crippen molar-refractivity contribution < 1.29 is 14.4 Å².